The second-order valence-corrected chi connectivity index (χ2v) is 5.78. The molecule has 0 aliphatic carbocycles. The van der Waals surface area contributed by atoms with Crippen molar-refractivity contribution in [1.82, 2.24) is 5.32 Å². The number of nitrogens with zero attached hydrogens (tertiary/aromatic N) is 1. The Morgan fingerprint density at radius 2 is 1.88 bits per heavy atom. The van der Waals surface area contributed by atoms with Gasteiger partial charge in [-0.2, -0.15) is 0 Å². The summed E-state index contributed by atoms with van der Waals surface area (Å²) in [7, 11) is 1.66. The van der Waals surface area contributed by atoms with Gasteiger partial charge in [0.2, 0.25) is 0 Å². The van der Waals surface area contributed by atoms with Gasteiger partial charge in [-0.05, 0) is 30.3 Å². The third-order valence-corrected chi connectivity index (χ3v) is 3.76. The average Bonchev–Trinajstić information content (AvgIpc) is 2.55. The highest BCUT2D eigenvalue weighted by Crippen LogP contribution is 2.22. The summed E-state index contributed by atoms with van der Waals surface area (Å²) in [5.41, 5.74) is 2.03. The molecule has 0 saturated heterocycles. The van der Waals surface area contributed by atoms with E-state index in [-0.39, 0.29) is 18.1 Å². The van der Waals surface area contributed by atoms with Gasteiger partial charge in [-0.3, -0.25) is 10.1 Å². The van der Waals surface area contributed by atoms with Gasteiger partial charge < -0.3 is 15.4 Å². The standard InChI is InChI=1S/C16H18BrN3O3.ClH/c1-23-16-7-2-13(17)10-12(16)11-18-8-9-19-14-3-5-15(6-4-14)20(21)22;/h2-7,10,18-19H,8-9,11H2,1H3;1H. The highest BCUT2D eigenvalue weighted by Gasteiger charge is 2.04. The van der Waals surface area contributed by atoms with Crippen LogP contribution in [0.4, 0.5) is 11.4 Å². The number of hydrogen-bond acceptors (Lipinski definition) is 5. The number of halogens is 2. The van der Waals surface area contributed by atoms with Gasteiger partial charge in [0.15, 0.2) is 0 Å². The van der Waals surface area contributed by atoms with Crippen LogP contribution in [0, 0.1) is 10.1 Å². The first-order chi connectivity index (χ1) is 11.1. The van der Waals surface area contributed by atoms with Crippen LogP contribution in [-0.4, -0.2) is 25.1 Å². The molecule has 0 amide bonds. The van der Waals surface area contributed by atoms with Gasteiger partial charge in [-0.1, -0.05) is 15.9 Å². The molecule has 0 aliphatic heterocycles. The summed E-state index contributed by atoms with van der Waals surface area (Å²) < 4.78 is 6.34. The molecule has 24 heavy (non-hydrogen) atoms. The molecule has 0 saturated carbocycles. The van der Waals surface area contributed by atoms with E-state index in [9.17, 15) is 10.1 Å². The summed E-state index contributed by atoms with van der Waals surface area (Å²) in [4.78, 5) is 10.2. The Morgan fingerprint density at radius 3 is 2.50 bits per heavy atom. The smallest absolute Gasteiger partial charge is 0.269 e. The zero-order chi connectivity index (χ0) is 16.7. The van der Waals surface area contributed by atoms with Crippen molar-refractivity contribution in [3.05, 3.63) is 62.6 Å². The Bertz CT molecular complexity index is 668. The molecule has 2 rings (SSSR count). The maximum Gasteiger partial charge on any atom is 0.269 e. The van der Waals surface area contributed by atoms with Crippen LogP contribution in [0.5, 0.6) is 5.75 Å². The SMILES string of the molecule is COc1ccc(Br)cc1CNCCNc1ccc([N+](=O)[O-])cc1.Cl. The number of ether oxygens (including phenoxy) is 1. The van der Waals surface area contributed by atoms with Gasteiger partial charge in [0.25, 0.3) is 5.69 Å². The third-order valence-electron chi connectivity index (χ3n) is 3.27. The fourth-order valence-electron chi connectivity index (χ4n) is 2.10. The van der Waals surface area contributed by atoms with E-state index in [2.05, 4.69) is 26.6 Å². The highest BCUT2D eigenvalue weighted by molar-refractivity contribution is 9.10. The van der Waals surface area contributed by atoms with E-state index >= 15 is 0 Å². The largest absolute Gasteiger partial charge is 0.496 e. The first-order valence-electron chi connectivity index (χ1n) is 7.11. The molecule has 130 valence electrons. The topological polar surface area (TPSA) is 76.4 Å². The molecule has 0 atom stereocenters. The molecule has 0 aliphatic rings. The lowest BCUT2D eigenvalue weighted by molar-refractivity contribution is -0.384. The molecule has 2 aromatic rings. The van der Waals surface area contributed by atoms with Crippen molar-refractivity contribution in [2.75, 3.05) is 25.5 Å². The molecule has 0 unspecified atom stereocenters. The van der Waals surface area contributed by atoms with Crippen LogP contribution in [0.2, 0.25) is 0 Å². The number of hydrogen-bond donors (Lipinski definition) is 2. The Kier molecular flexibility index (Phi) is 8.53. The van der Waals surface area contributed by atoms with Gasteiger partial charge in [0, 0.05) is 47.5 Å². The van der Waals surface area contributed by atoms with E-state index in [4.69, 9.17) is 4.74 Å². The number of nitrogens with one attached hydrogen (secondary N) is 2. The first kappa shape index (κ1) is 20.2. The summed E-state index contributed by atoms with van der Waals surface area (Å²) in [5.74, 6) is 0.851. The van der Waals surface area contributed by atoms with Crippen LogP contribution >= 0.6 is 28.3 Å². The Balaban J connectivity index is 0.00000288. The van der Waals surface area contributed by atoms with Crippen LogP contribution < -0.4 is 15.4 Å². The van der Waals surface area contributed by atoms with Crippen molar-refractivity contribution in [1.29, 1.82) is 0 Å². The quantitative estimate of drug-likeness (QED) is 0.386. The predicted molar refractivity (Wildman–Crippen MR) is 101 cm³/mol. The van der Waals surface area contributed by atoms with Crippen molar-refractivity contribution in [3.63, 3.8) is 0 Å². The predicted octanol–water partition coefficient (Wildman–Crippen LogP) is 3.99. The average molecular weight is 417 g/mol. The van der Waals surface area contributed by atoms with E-state index in [1.807, 2.05) is 18.2 Å². The minimum absolute atomic E-state index is 0. The minimum Gasteiger partial charge on any atom is -0.496 e. The summed E-state index contributed by atoms with van der Waals surface area (Å²) in [5, 5.41) is 17.1. The number of nitro groups is 1. The molecule has 8 heteroatoms. The molecule has 2 aromatic carbocycles. The van der Waals surface area contributed by atoms with Crippen LogP contribution in [0.25, 0.3) is 0 Å². The fraction of sp³-hybridized carbons (Fsp3) is 0.250. The van der Waals surface area contributed by atoms with Gasteiger partial charge in [0.1, 0.15) is 5.75 Å². The summed E-state index contributed by atoms with van der Waals surface area (Å²) in [6, 6.07) is 12.3. The number of anilines is 1. The molecular weight excluding hydrogens is 398 g/mol. The molecular formula is C16H19BrClN3O3. The van der Waals surface area contributed by atoms with Crippen molar-refractivity contribution in [2.45, 2.75) is 6.54 Å². The lowest BCUT2D eigenvalue weighted by Gasteiger charge is -2.11. The van der Waals surface area contributed by atoms with Crippen molar-refractivity contribution in [3.8, 4) is 5.75 Å². The number of methoxy groups -OCH3 is 1. The van der Waals surface area contributed by atoms with Crippen LogP contribution in [0.1, 0.15) is 5.56 Å². The van der Waals surface area contributed by atoms with Gasteiger partial charge in [-0.25, -0.2) is 0 Å². The molecule has 0 heterocycles. The van der Waals surface area contributed by atoms with Gasteiger partial charge >= 0.3 is 0 Å². The summed E-state index contributed by atoms with van der Waals surface area (Å²) in [6.07, 6.45) is 0. The van der Waals surface area contributed by atoms with Gasteiger partial charge in [-0.15, -0.1) is 12.4 Å². The first-order valence-corrected chi connectivity index (χ1v) is 7.91. The maximum absolute atomic E-state index is 10.6. The second kappa shape index (κ2) is 10.1. The monoisotopic (exact) mass is 415 g/mol. The minimum atomic E-state index is -0.406. The number of benzene rings is 2. The van der Waals surface area contributed by atoms with Crippen LogP contribution in [0.3, 0.4) is 0 Å². The lowest BCUT2D eigenvalue weighted by atomic mass is 10.2. The maximum atomic E-state index is 10.6. The van der Waals surface area contributed by atoms with Crippen molar-refractivity contribution < 1.29 is 9.66 Å². The molecule has 0 fully saturated rings. The van der Waals surface area contributed by atoms with Crippen molar-refractivity contribution >= 4 is 39.7 Å². The zero-order valence-electron chi connectivity index (χ0n) is 13.1. The normalized spacial score (nSPS) is 9.92. The molecule has 0 bridgehead atoms. The van der Waals surface area contributed by atoms with Crippen molar-refractivity contribution in [2.24, 2.45) is 0 Å². The third kappa shape index (κ3) is 5.99. The summed E-state index contributed by atoms with van der Waals surface area (Å²) >= 11 is 3.45. The van der Waals surface area contributed by atoms with E-state index in [0.29, 0.717) is 13.1 Å². The van der Waals surface area contributed by atoms with E-state index in [0.717, 1.165) is 28.0 Å². The number of non-ortho nitro benzene ring substituents is 1. The number of nitro benzene ring substituents is 1. The number of rotatable bonds is 8. The van der Waals surface area contributed by atoms with Gasteiger partial charge in [0.05, 0.1) is 12.0 Å². The van der Waals surface area contributed by atoms with E-state index in [1.54, 1.807) is 19.2 Å². The molecule has 0 radical (unpaired) electrons. The Labute approximate surface area is 155 Å². The summed E-state index contributed by atoms with van der Waals surface area (Å²) in [6.45, 7) is 2.17. The van der Waals surface area contributed by atoms with Crippen LogP contribution in [0.15, 0.2) is 46.9 Å². The zero-order valence-corrected chi connectivity index (χ0v) is 15.5. The molecule has 0 aromatic heterocycles. The van der Waals surface area contributed by atoms with E-state index in [1.165, 1.54) is 12.1 Å². The molecule has 6 nitrogen and oxygen atoms in total. The highest BCUT2D eigenvalue weighted by atomic mass is 79.9. The van der Waals surface area contributed by atoms with Crippen LogP contribution in [-0.2, 0) is 6.54 Å². The second-order valence-electron chi connectivity index (χ2n) is 4.86. The lowest BCUT2D eigenvalue weighted by Crippen LogP contribution is -2.22. The molecule has 2 N–H and O–H groups in total. The fourth-order valence-corrected chi connectivity index (χ4v) is 2.51. The Morgan fingerprint density at radius 1 is 1.17 bits per heavy atom. The van der Waals surface area contributed by atoms with E-state index < -0.39 is 4.92 Å². The molecule has 0 spiro atoms. The Hall–Kier alpha value is -1.83.